The van der Waals surface area contributed by atoms with E-state index in [4.69, 9.17) is 0 Å². The summed E-state index contributed by atoms with van der Waals surface area (Å²) in [7, 11) is 3.27. The zero-order chi connectivity index (χ0) is 11.0. The lowest BCUT2D eigenvalue weighted by Crippen LogP contribution is -2.26. The van der Waals surface area contributed by atoms with E-state index in [1.807, 2.05) is 0 Å². The van der Waals surface area contributed by atoms with Crippen molar-refractivity contribution in [3.8, 4) is 0 Å². The van der Waals surface area contributed by atoms with Crippen LogP contribution in [-0.2, 0) is 6.54 Å². The molecule has 0 aromatic carbocycles. The lowest BCUT2D eigenvalue weighted by atomic mass is 10.1. The van der Waals surface area contributed by atoms with E-state index in [9.17, 15) is 9.59 Å². The van der Waals surface area contributed by atoms with Crippen LogP contribution >= 0.6 is 0 Å². The van der Waals surface area contributed by atoms with Gasteiger partial charge in [-0.15, -0.1) is 0 Å². The second kappa shape index (κ2) is 3.34. The topological polar surface area (TPSA) is 62.3 Å². The van der Waals surface area contributed by atoms with Crippen molar-refractivity contribution in [1.29, 1.82) is 0 Å². The highest BCUT2D eigenvalue weighted by molar-refractivity contribution is 6.08. The molecule has 5 nitrogen and oxygen atoms in total. The highest BCUT2D eigenvalue weighted by Gasteiger charge is 2.27. The molecular formula is C10H11N3O2. The zero-order valence-corrected chi connectivity index (χ0v) is 8.57. The summed E-state index contributed by atoms with van der Waals surface area (Å²) in [5.74, 6) is -0.466. The molecule has 0 fully saturated rings. The second-order valence-electron chi connectivity index (χ2n) is 3.58. The molecule has 1 aliphatic heterocycles. The quantitative estimate of drug-likeness (QED) is 0.703. The van der Waals surface area contributed by atoms with Crippen molar-refractivity contribution in [2.45, 2.75) is 6.54 Å². The van der Waals surface area contributed by atoms with Crippen LogP contribution < -0.4 is 5.32 Å². The molecule has 2 heterocycles. The number of hydrogen-bond acceptors (Lipinski definition) is 3. The molecule has 15 heavy (non-hydrogen) atoms. The van der Waals surface area contributed by atoms with Gasteiger partial charge >= 0.3 is 0 Å². The highest BCUT2D eigenvalue weighted by Crippen LogP contribution is 2.18. The van der Waals surface area contributed by atoms with E-state index in [0.717, 1.165) is 5.56 Å². The van der Waals surface area contributed by atoms with Crippen molar-refractivity contribution in [1.82, 2.24) is 15.2 Å². The summed E-state index contributed by atoms with van der Waals surface area (Å²) >= 11 is 0. The molecule has 0 radical (unpaired) electrons. The molecule has 5 heteroatoms. The van der Waals surface area contributed by atoms with Crippen molar-refractivity contribution in [2.24, 2.45) is 0 Å². The van der Waals surface area contributed by atoms with E-state index in [-0.39, 0.29) is 17.5 Å². The molecule has 0 atom stereocenters. The molecule has 2 amide bonds. The van der Waals surface area contributed by atoms with Crippen LogP contribution in [0.1, 0.15) is 26.4 Å². The maximum absolute atomic E-state index is 11.7. The third-order valence-corrected chi connectivity index (χ3v) is 2.31. The fourth-order valence-corrected chi connectivity index (χ4v) is 1.54. The summed E-state index contributed by atoms with van der Waals surface area (Å²) in [5, 5.41) is 2.67. The van der Waals surface area contributed by atoms with Crippen molar-refractivity contribution in [3.63, 3.8) is 0 Å². The summed E-state index contributed by atoms with van der Waals surface area (Å²) in [6, 6.07) is 1.75. The number of amides is 2. The van der Waals surface area contributed by atoms with Crippen LogP contribution in [0.2, 0.25) is 0 Å². The maximum Gasteiger partial charge on any atom is 0.272 e. The molecule has 1 aromatic rings. The zero-order valence-electron chi connectivity index (χ0n) is 8.57. The molecule has 78 valence electrons. The number of hydrogen-bond donors (Lipinski definition) is 1. The lowest BCUT2D eigenvalue weighted by molar-refractivity contribution is 0.0814. The minimum Gasteiger partial charge on any atom is -0.348 e. The number of fused-ring (bicyclic) bond motifs is 1. The van der Waals surface area contributed by atoms with Gasteiger partial charge in [-0.25, -0.2) is 0 Å². The molecule has 0 bridgehead atoms. The Morgan fingerprint density at radius 2 is 2.27 bits per heavy atom. The van der Waals surface area contributed by atoms with Crippen LogP contribution in [0.25, 0.3) is 0 Å². The molecule has 0 aliphatic carbocycles. The molecule has 1 aliphatic rings. The average molecular weight is 205 g/mol. The molecule has 1 aromatic heterocycles. The first-order chi connectivity index (χ1) is 7.11. The number of nitrogens with one attached hydrogen (secondary N) is 1. The van der Waals surface area contributed by atoms with Gasteiger partial charge in [-0.2, -0.15) is 0 Å². The highest BCUT2D eigenvalue weighted by atomic mass is 16.2. The third kappa shape index (κ3) is 1.45. The Morgan fingerprint density at radius 1 is 1.53 bits per heavy atom. The normalized spacial score (nSPS) is 13.3. The monoisotopic (exact) mass is 205 g/mol. The predicted molar refractivity (Wildman–Crippen MR) is 53.4 cm³/mol. The second-order valence-corrected chi connectivity index (χ2v) is 3.58. The standard InChI is InChI=1S/C10H11N3O2/c1-13(2)10(15)8-7-6(3-4-11-8)5-12-9(7)14/h3-4H,5H2,1-2H3,(H,12,14). The Kier molecular flexibility index (Phi) is 2.15. The molecule has 0 saturated heterocycles. The summed E-state index contributed by atoms with van der Waals surface area (Å²) in [5.41, 5.74) is 1.48. The fourth-order valence-electron chi connectivity index (χ4n) is 1.54. The fraction of sp³-hybridized carbons (Fsp3) is 0.300. The van der Waals surface area contributed by atoms with Crippen molar-refractivity contribution < 1.29 is 9.59 Å². The van der Waals surface area contributed by atoms with Gasteiger partial charge in [-0.05, 0) is 11.6 Å². The van der Waals surface area contributed by atoms with Crippen molar-refractivity contribution in [2.75, 3.05) is 14.1 Å². The van der Waals surface area contributed by atoms with Crippen molar-refractivity contribution >= 4 is 11.8 Å². The van der Waals surface area contributed by atoms with Crippen LogP contribution in [0.5, 0.6) is 0 Å². The molecule has 0 saturated carbocycles. The van der Waals surface area contributed by atoms with Gasteiger partial charge in [0.25, 0.3) is 11.8 Å². The van der Waals surface area contributed by atoms with E-state index in [1.54, 1.807) is 26.4 Å². The molecule has 0 spiro atoms. The van der Waals surface area contributed by atoms with E-state index >= 15 is 0 Å². The first-order valence-electron chi connectivity index (χ1n) is 4.59. The maximum atomic E-state index is 11.7. The van der Waals surface area contributed by atoms with Gasteiger partial charge in [0.2, 0.25) is 0 Å². The van der Waals surface area contributed by atoms with E-state index in [0.29, 0.717) is 12.1 Å². The minimum absolute atomic E-state index is 0.219. The van der Waals surface area contributed by atoms with Crippen LogP contribution in [0.4, 0.5) is 0 Å². The number of carbonyl (C=O) groups excluding carboxylic acids is 2. The summed E-state index contributed by atoms with van der Waals surface area (Å²) in [4.78, 5) is 28.6. The number of nitrogens with zero attached hydrogens (tertiary/aromatic N) is 2. The van der Waals surface area contributed by atoms with E-state index in [2.05, 4.69) is 10.3 Å². The van der Waals surface area contributed by atoms with E-state index < -0.39 is 0 Å². The summed E-state index contributed by atoms with van der Waals surface area (Å²) in [6.07, 6.45) is 1.55. The Bertz CT molecular complexity index is 440. The van der Waals surface area contributed by atoms with Gasteiger partial charge in [0, 0.05) is 26.8 Å². The van der Waals surface area contributed by atoms with Gasteiger partial charge in [0.1, 0.15) is 5.69 Å². The van der Waals surface area contributed by atoms with Crippen molar-refractivity contribution in [3.05, 3.63) is 29.1 Å². The van der Waals surface area contributed by atoms with Gasteiger partial charge in [0.05, 0.1) is 5.56 Å². The molecular weight excluding hydrogens is 194 g/mol. The Hall–Kier alpha value is -1.91. The average Bonchev–Trinajstić information content (AvgIpc) is 2.59. The molecule has 0 unspecified atom stereocenters. The Balaban J connectivity index is 2.54. The van der Waals surface area contributed by atoms with Crippen LogP contribution in [0.15, 0.2) is 12.3 Å². The predicted octanol–water partition coefficient (Wildman–Crippen LogP) is 0.0268. The first-order valence-corrected chi connectivity index (χ1v) is 4.59. The summed E-state index contributed by atoms with van der Waals surface area (Å²) in [6.45, 7) is 0.477. The summed E-state index contributed by atoms with van der Waals surface area (Å²) < 4.78 is 0. The van der Waals surface area contributed by atoms with Crippen LogP contribution in [0, 0.1) is 0 Å². The SMILES string of the molecule is CN(C)C(=O)c1nccc2c1C(=O)NC2. The smallest absolute Gasteiger partial charge is 0.272 e. The number of aromatic nitrogens is 1. The number of carbonyl (C=O) groups is 2. The largest absolute Gasteiger partial charge is 0.348 e. The Labute approximate surface area is 87.1 Å². The van der Waals surface area contributed by atoms with Crippen LogP contribution in [0.3, 0.4) is 0 Å². The third-order valence-electron chi connectivity index (χ3n) is 2.31. The number of pyridine rings is 1. The lowest BCUT2D eigenvalue weighted by Gasteiger charge is -2.11. The first kappa shape index (κ1) is 9.64. The minimum atomic E-state index is -0.246. The Morgan fingerprint density at radius 3 is 2.93 bits per heavy atom. The van der Waals surface area contributed by atoms with Gasteiger partial charge in [0.15, 0.2) is 0 Å². The molecule has 2 rings (SSSR count). The van der Waals surface area contributed by atoms with Crippen LogP contribution in [-0.4, -0.2) is 35.8 Å². The molecule has 1 N–H and O–H groups in total. The van der Waals surface area contributed by atoms with Gasteiger partial charge in [-0.3, -0.25) is 14.6 Å². The van der Waals surface area contributed by atoms with Gasteiger partial charge < -0.3 is 10.2 Å². The van der Waals surface area contributed by atoms with E-state index in [1.165, 1.54) is 4.90 Å². The van der Waals surface area contributed by atoms with Gasteiger partial charge in [-0.1, -0.05) is 0 Å². The number of rotatable bonds is 1.